The third-order valence-electron chi connectivity index (χ3n) is 3.61. The molecule has 1 aromatic heterocycles. The number of unbranched alkanes of at least 4 members (excludes halogenated alkanes) is 2. The summed E-state index contributed by atoms with van der Waals surface area (Å²) in [4.78, 5) is 20.3. The molecule has 2 N–H and O–H groups in total. The normalized spacial score (nSPS) is 10.4. The monoisotopic (exact) mass is 330 g/mol. The highest BCUT2D eigenvalue weighted by molar-refractivity contribution is 5.91. The first-order chi connectivity index (χ1) is 11.7. The van der Waals surface area contributed by atoms with Crippen molar-refractivity contribution in [2.75, 3.05) is 18.4 Å². The van der Waals surface area contributed by atoms with E-state index >= 15 is 0 Å². The van der Waals surface area contributed by atoms with Gasteiger partial charge in [0, 0.05) is 13.1 Å². The van der Waals surface area contributed by atoms with Crippen LogP contribution in [0.15, 0.2) is 36.7 Å². The van der Waals surface area contributed by atoms with Crippen LogP contribution >= 0.6 is 0 Å². The minimum atomic E-state index is -0.309. The number of nitrogens with one attached hydrogen (secondary N) is 2. The number of carbonyl (C=O) groups is 1. The van der Waals surface area contributed by atoms with Gasteiger partial charge in [0.25, 0.3) is 5.91 Å². The number of carbonyl (C=O) groups excluding carboxylic acids is 1. The molecule has 0 bridgehead atoms. The van der Waals surface area contributed by atoms with Crippen LogP contribution in [0.1, 0.15) is 42.2 Å². The van der Waals surface area contributed by atoms with Crippen LogP contribution in [-0.4, -0.2) is 29.0 Å². The SMILES string of the molecule is CCCCCNc1cnc(C(=O)NCCc2ccccc2F)cn1. The Morgan fingerprint density at radius 1 is 1.12 bits per heavy atom. The molecule has 0 saturated carbocycles. The van der Waals surface area contributed by atoms with Gasteiger partial charge >= 0.3 is 0 Å². The molecule has 0 atom stereocenters. The summed E-state index contributed by atoms with van der Waals surface area (Å²) < 4.78 is 13.5. The Morgan fingerprint density at radius 3 is 2.67 bits per heavy atom. The second-order valence-corrected chi connectivity index (χ2v) is 5.52. The zero-order valence-electron chi connectivity index (χ0n) is 13.9. The summed E-state index contributed by atoms with van der Waals surface area (Å²) in [5.74, 6) is 0.0930. The van der Waals surface area contributed by atoms with Gasteiger partial charge in [-0.05, 0) is 24.5 Å². The fourth-order valence-electron chi connectivity index (χ4n) is 2.23. The molecule has 0 aliphatic heterocycles. The summed E-state index contributed by atoms with van der Waals surface area (Å²) in [6.45, 7) is 3.34. The summed E-state index contributed by atoms with van der Waals surface area (Å²) in [6, 6.07) is 6.54. The number of hydrogen-bond acceptors (Lipinski definition) is 4. The van der Waals surface area contributed by atoms with Crippen molar-refractivity contribution in [3.8, 4) is 0 Å². The lowest BCUT2D eigenvalue weighted by atomic mass is 10.1. The summed E-state index contributed by atoms with van der Waals surface area (Å²) >= 11 is 0. The van der Waals surface area contributed by atoms with Crippen LogP contribution in [0.2, 0.25) is 0 Å². The first kappa shape index (κ1) is 17.8. The highest BCUT2D eigenvalue weighted by Gasteiger charge is 2.08. The largest absolute Gasteiger partial charge is 0.369 e. The standard InChI is InChI=1S/C18H23FN4O/c1-2-3-6-10-20-17-13-22-16(12-23-17)18(24)21-11-9-14-7-4-5-8-15(14)19/h4-5,7-8,12-13H,2-3,6,9-11H2,1H3,(H,20,23)(H,21,24). The first-order valence-corrected chi connectivity index (χ1v) is 8.28. The van der Waals surface area contributed by atoms with Crippen molar-refractivity contribution in [1.82, 2.24) is 15.3 Å². The van der Waals surface area contributed by atoms with Gasteiger partial charge in [-0.3, -0.25) is 4.79 Å². The van der Waals surface area contributed by atoms with E-state index < -0.39 is 0 Å². The van der Waals surface area contributed by atoms with E-state index in [1.807, 2.05) is 0 Å². The Morgan fingerprint density at radius 2 is 1.96 bits per heavy atom. The maximum absolute atomic E-state index is 13.5. The zero-order chi connectivity index (χ0) is 17.2. The van der Waals surface area contributed by atoms with Crippen LogP contribution in [-0.2, 0) is 6.42 Å². The van der Waals surface area contributed by atoms with Gasteiger partial charge in [-0.1, -0.05) is 38.0 Å². The van der Waals surface area contributed by atoms with Crippen molar-refractivity contribution in [3.63, 3.8) is 0 Å². The van der Waals surface area contributed by atoms with E-state index in [9.17, 15) is 9.18 Å². The number of halogens is 1. The van der Waals surface area contributed by atoms with Gasteiger partial charge < -0.3 is 10.6 Å². The van der Waals surface area contributed by atoms with Crippen molar-refractivity contribution in [2.24, 2.45) is 0 Å². The highest BCUT2D eigenvalue weighted by atomic mass is 19.1. The quantitative estimate of drug-likeness (QED) is 0.693. The summed E-state index contributed by atoms with van der Waals surface area (Å²) in [5, 5.41) is 5.90. The third kappa shape index (κ3) is 5.61. The number of aromatic nitrogens is 2. The second kappa shape index (κ2) is 9.60. The molecule has 1 amide bonds. The fraction of sp³-hybridized carbons (Fsp3) is 0.389. The average molecular weight is 330 g/mol. The topological polar surface area (TPSA) is 66.9 Å². The van der Waals surface area contributed by atoms with Crippen molar-refractivity contribution >= 4 is 11.7 Å². The number of amides is 1. The van der Waals surface area contributed by atoms with Crippen LogP contribution < -0.4 is 10.6 Å². The maximum atomic E-state index is 13.5. The molecule has 2 aromatic rings. The molecule has 0 unspecified atom stereocenters. The molecule has 0 fully saturated rings. The van der Waals surface area contributed by atoms with Crippen molar-refractivity contribution < 1.29 is 9.18 Å². The second-order valence-electron chi connectivity index (χ2n) is 5.52. The third-order valence-corrected chi connectivity index (χ3v) is 3.61. The molecule has 1 aromatic carbocycles. The molecule has 128 valence electrons. The van der Waals surface area contributed by atoms with Crippen molar-refractivity contribution in [1.29, 1.82) is 0 Å². The van der Waals surface area contributed by atoms with E-state index in [2.05, 4.69) is 27.5 Å². The first-order valence-electron chi connectivity index (χ1n) is 8.28. The predicted molar refractivity (Wildman–Crippen MR) is 92.5 cm³/mol. The van der Waals surface area contributed by atoms with E-state index in [0.29, 0.717) is 24.3 Å². The maximum Gasteiger partial charge on any atom is 0.271 e. The van der Waals surface area contributed by atoms with Gasteiger partial charge in [0.15, 0.2) is 0 Å². The lowest BCUT2D eigenvalue weighted by Gasteiger charge is -2.07. The van der Waals surface area contributed by atoms with Gasteiger partial charge in [0.2, 0.25) is 0 Å². The Bertz CT molecular complexity index is 646. The van der Waals surface area contributed by atoms with Crippen molar-refractivity contribution in [2.45, 2.75) is 32.6 Å². The number of rotatable bonds is 9. The minimum absolute atomic E-state index is 0.252. The minimum Gasteiger partial charge on any atom is -0.369 e. The number of benzene rings is 1. The molecule has 1 heterocycles. The van der Waals surface area contributed by atoms with E-state index in [-0.39, 0.29) is 17.4 Å². The molecular formula is C18H23FN4O. The Kier molecular flexibility index (Phi) is 7.14. The van der Waals surface area contributed by atoms with E-state index in [1.165, 1.54) is 25.1 Å². The lowest BCUT2D eigenvalue weighted by molar-refractivity contribution is 0.0948. The molecule has 0 saturated heterocycles. The fourth-order valence-corrected chi connectivity index (χ4v) is 2.23. The molecule has 2 rings (SSSR count). The summed E-state index contributed by atoms with van der Waals surface area (Å²) in [7, 11) is 0. The summed E-state index contributed by atoms with van der Waals surface area (Å²) in [6.07, 6.45) is 6.85. The summed E-state index contributed by atoms with van der Waals surface area (Å²) in [5.41, 5.74) is 0.832. The highest BCUT2D eigenvalue weighted by Crippen LogP contribution is 2.06. The Balaban J connectivity index is 1.77. The van der Waals surface area contributed by atoms with Gasteiger partial charge in [-0.15, -0.1) is 0 Å². The molecule has 0 spiro atoms. The molecule has 0 aliphatic carbocycles. The number of hydrogen-bond donors (Lipinski definition) is 2. The molecule has 0 aliphatic rings. The molecule has 5 nitrogen and oxygen atoms in total. The van der Waals surface area contributed by atoms with E-state index in [1.54, 1.807) is 24.4 Å². The van der Waals surface area contributed by atoms with Gasteiger partial charge in [-0.25, -0.2) is 14.4 Å². The molecular weight excluding hydrogens is 307 g/mol. The van der Waals surface area contributed by atoms with Crippen LogP contribution in [0.5, 0.6) is 0 Å². The molecule has 24 heavy (non-hydrogen) atoms. The van der Waals surface area contributed by atoms with Gasteiger partial charge in [0.05, 0.1) is 12.4 Å². The van der Waals surface area contributed by atoms with Crippen molar-refractivity contribution in [3.05, 3.63) is 53.7 Å². The number of nitrogens with zero attached hydrogens (tertiary/aromatic N) is 2. The zero-order valence-corrected chi connectivity index (χ0v) is 13.9. The van der Waals surface area contributed by atoms with Crippen LogP contribution in [0, 0.1) is 5.82 Å². The van der Waals surface area contributed by atoms with E-state index in [0.717, 1.165) is 13.0 Å². The van der Waals surface area contributed by atoms with Crippen LogP contribution in [0.3, 0.4) is 0 Å². The Labute approximate surface area is 141 Å². The molecule has 6 heteroatoms. The van der Waals surface area contributed by atoms with E-state index in [4.69, 9.17) is 0 Å². The van der Waals surface area contributed by atoms with Gasteiger partial charge in [-0.2, -0.15) is 0 Å². The molecule has 0 radical (unpaired) electrons. The number of anilines is 1. The Hall–Kier alpha value is -2.50. The van der Waals surface area contributed by atoms with Crippen LogP contribution in [0.25, 0.3) is 0 Å². The predicted octanol–water partition coefficient (Wildman–Crippen LogP) is 3.19. The van der Waals surface area contributed by atoms with Crippen LogP contribution in [0.4, 0.5) is 10.2 Å². The average Bonchev–Trinajstić information content (AvgIpc) is 2.61. The van der Waals surface area contributed by atoms with Gasteiger partial charge in [0.1, 0.15) is 17.3 Å². The smallest absolute Gasteiger partial charge is 0.271 e. The lowest BCUT2D eigenvalue weighted by Crippen LogP contribution is -2.27.